The third-order valence-corrected chi connectivity index (χ3v) is 4.58. The maximum absolute atomic E-state index is 13.4. The van der Waals surface area contributed by atoms with Gasteiger partial charge in [0, 0.05) is 16.5 Å². The Morgan fingerprint density at radius 2 is 1.93 bits per heavy atom. The fourth-order valence-electron chi connectivity index (χ4n) is 2.33. The molecule has 0 aliphatic carbocycles. The van der Waals surface area contributed by atoms with Crippen LogP contribution in [-0.4, -0.2) is 17.5 Å². The quantitative estimate of drug-likeness (QED) is 0.542. The molecule has 27 heavy (non-hydrogen) atoms. The number of nitrogens with one attached hydrogen (secondary N) is 1. The van der Waals surface area contributed by atoms with Gasteiger partial charge in [-0.25, -0.2) is 13.8 Å². The third-order valence-electron chi connectivity index (χ3n) is 3.82. The molecule has 1 aromatic heterocycles. The fourth-order valence-corrected chi connectivity index (χ4v) is 3.04. The second-order valence-electron chi connectivity index (χ2n) is 5.85. The van der Waals surface area contributed by atoms with Gasteiger partial charge in [-0.2, -0.15) is 0 Å². The van der Waals surface area contributed by atoms with Gasteiger partial charge in [-0.1, -0.05) is 13.3 Å². The van der Waals surface area contributed by atoms with Crippen molar-refractivity contribution in [1.82, 2.24) is 4.98 Å². The molecule has 3 aromatic rings. The fraction of sp³-hybridized carbons (Fsp3) is 0.200. The smallest absolute Gasteiger partial charge is 0.257 e. The molecular weight excluding hydrogens is 370 g/mol. The average molecular weight is 388 g/mol. The molecular formula is C20H18F2N2O2S. The summed E-state index contributed by atoms with van der Waals surface area (Å²) in [5.74, 6) is -1.44. The van der Waals surface area contributed by atoms with Gasteiger partial charge in [-0.05, 0) is 48.9 Å². The van der Waals surface area contributed by atoms with Crippen molar-refractivity contribution < 1.29 is 18.3 Å². The lowest BCUT2D eigenvalue weighted by Gasteiger charge is -2.06. The van der Waals surface area contributed by atoms with E-state index >= 15 is 0 Å². The Balaban J connectivity index is 1.64. The first kappa shape index (κ1) is 19.0. The first-order valence-corrected chi connectivity index (χ1v) is 9.40. The van der Waals surface area contributed by atoms with Gasteiger partial charge >= 0.3 is 0 Å². The van der Waals surface area contributed by atoms with Crippen LogP contribution in [0.5, 0.6) is 5.75 Å². The van der Waals surface area contributed by atoms with Crippen molar-refractivity contribution in [2.45, 2.75) is 19.8 Å². The molecule has 0 atom stereocenters. The van der Waals surface area contributed by atoms with Crippen LogP contribution in [0.25, 0.3) is 11.3 Å². The van der Waals surface area contributed by atoms with Crippen molar-refractivity contribution >= 4 is 22.4 Å². The van der Waals surface area contributed by atoms with Gasteiger partial charge < -0.3 is 4.74 Å². The van der Waals surface area contributed by atoms with E-state index < -0.39 is 11.6 Å². The average Bonchev–Trinajstić information content (AvgIpc) is 3.13. The summed E-state index contributed by atoms with van der Waals surface area (Å²) in [4.78, 5) is 16.6. The number of thiazole rings is 1. The molecule has 0 saturated heterocycles. The van der Waals surface area contributed by atoms with Crippen molar-refractivity contribution in [2.24, 2.45) is 0 Å². The van der Waals surface area contributed by atoms with Gasteiger partial charge in [0.15, 0.2) is 16.8 Å². The van der Waals surface area contributed by atoms with Crippen LogP contribution in [0.15, 0.2) is 47.8 Å². The standard InChI is InChI=1S/C20H18F2N2O2S/c1-2-3-10-26-15-7-4-13(5-8-15)19(25)24-20-23-18(12-27-20)14-6-9-16(21)17(22)11-14/h4-9,11-12H,2-3,10H2,1H3,(H,23,24,25). The number of hydrogen-bond acceptors (Lipinski definition) is 4. The SMILES string of the molecule is CCCCOc1ccc(C(=O)Nc2nc(-c3ccc(F)c(F)c3)cs2)cc1. The van der Waals surface area contributed by atoms with Crippen LogP contribution in [-0.2, 0) is 0 Å². The zero-order valence-corrected chi connectivity index (χ0v) is 15.5. The van der Waals surface area contributed by atoms with Crippen LogP contribution in [0.1, 0.15) is 30.1 Å². The number of rotatable bonds is 7. The van der Waals surface area contributed by atoms with E-state index in [-0.39, 0.29) is 5.91 Å². The van der Waals surface area contributed by atoms with Crippen molar-refractivity contribution in [2.75, 3.05) is 11.9 Å². The minimum absolute atomic E-state index is 0.304. The highest BCUT2D eigenvalue weighted by molar-refractivity contribution is 7.14. The highest BCUT2D eigenvalue weighted by atomic mass is 32.1. The number of aromatic nitrogens is 1. The number of unbranched alkanes of at least 4 members (excludes halogenated alkanes) is 1. The summed E-state index contributed by atoms with van der Waals surface area (Å²) in [5.41, 5.74) is 1.38. The number of amides is 1. The largest absolute Gasteiger partial charge is 0.494 e. The molecule has 0 radical (unpaired) electrons. The molecule has 1 heterocycles. The van der Waals surface area contributed by atoms with E-state index in [0.29, 0.717) is 28.6 Å². The summed E-state index contributed by atoms with van der Waals surface area (Å²) in [5, 5.41) is 4.76. The van der Waals surface area contributed by atoms with Gasteiger partial charge in [0.1, 0.15) is 5.75 Å². The monoisotopic (exact) mass is 388 g/mol. The lowest BCUT2D eigenvalue weighted by molar-refractivity contribution is 0.102. The molecule has 3 rings (SSSR count). The molecule has 0 aliphatic heterocycles. The highest BCUT2D eigenvalue weighted by Gasteiger charge is 2.12. The van der Waals surface area contributed by atoms with E-state index in [1.54, 1.807) is 29.6 Å². The predicted molar refractivity (Wildman–Crippen MR) is 102 cm³/mol. The Morgan fingerprint density at radius 1 is 1.15 bits per heavy atom. The third kappa shape index (κ3) is 4.89. The molecule has 0 saturated carbocycles. The summed E-state index contributed by atoms with van der Waals surface area (Å²) in [6.07, 6.45) is 2.04. The molecule has 0 unspecified atom stereocenters. The number of anilines is 1. The summed E-state index contributed by atoms with van der Waals surface area (Å²) in [7, 11) is 0. The summed E-state index contributed by atoms with van der Waals surface area (Å²) in [6, 6.07) is 10.4. The van der Waals surface area contributed by atoms with E-state index in [2.05, 4.69) is 17.2 Å². The van der Waals surface area contributed by atoms with Gasteiger partial charge in [-0.15, -0.1) is 11.3 Å². The number of hydrogen-bond donors (Lipinski definition) is 1. The van der Waals surface area contributed by atoms with Crippen molar-refractivity contribution in [3.05, 3.63) is 65.0 Å². The Labute approximate surface area is 159 Å². The second-order valence-corrected chi connectivity index (χ2v) is 6.71. The summed E-state index contributed by atoms with van der Waals surface area (Å²) in [6.45, 7) is 2.74. The maximum Gasteiger partial charge on any atom is 0.257 e. The summed E-state index contributed by atoms with van der Waals surface area (Å²) < 4.78 is 32.0. The molecule has 0 spiro atoms. The first-order valence-electron chi connectivity index (χ1n) is 8.52. The minimum atomic E-state index is -0.938. The van der Waals surface area contributed by atoms with Crippen LogP contribution < -0.4 is 10.1 Å². The molecule has 2 aromatic carbocycles. The molecule has 1 N–H and O–H groups in total. The molecule has 0 fully saturated rings. The van der Waals surface area contributed by atoms with Crippen LogP contribution in [0.3, 0.4) is 0 Å². The van der Waals surface area contributed by atoms with Gasteiger partial charge in [0.2, 0.25) is 0 Å². The zero-order valence-electron chi connectivity index (χ0n) is 14.7. The summed E-state index contributed by atoms with van der Waals surface area (Å²) >= 11 is 1.21. The zero-order chi connectivity index (χ0) is 19.2. The van der Waals surface area contributed by atoms with E-state index in [9.17, 15) is 13.6 Å². The van der Waals surface area contributed by atoms with E-state index in [1.165, 1.54) is 17.4 Å². The Kier molecular flexibility index (Phi) is 6.13. The van der Waals surface area contributed by atoms with Gasteiger partial charge in [0.25, 0.3) is 5.91 Å². The highest BCUT2D eigenvalue weighted by Crippen LogP contribution is 2.26. The lowest BCUT2D eigenvalue weighted by Crippen LogP contribution is -2.11. The minimum Gasteiger partial charge on any atom is -0.494 e. The number of carbonyl (C=O) groups excluding carboxylic acids is 1. The van der Waals surface area contributed by atoms with E-state index in [0.717, 1.165) is 30.7 Å². The van der Waals surface area contributed by atoms with Crippen LogP contribution >= 0.6 is 11.3 Å². The predicted octanol–water partition coefficient (Wildman–Crippen LogP) is 5.52. The Morgan fingerprint density at radius 3 is 2.63 bits per heavy atom. The van der Waals surface area contributed by atoms with Gasteiger partial charge in [-0.3, -0.25) is 10.1 Å². The van der Waals surface area contributed by atoms with Crippen LogP contribution in [0.2, 0.25) is 0 Å². The Bertz CT molecular complexity index is 926. The van der Waals surface area contributed by atoms with Crippen molar-refractivity contribution in [3.8, 4) is 17.0 Å². The molecule has 4 nitrogen and oxygen atoms in total. The van der Waals surface area contributed by atoms with Crippen molar-refractivity contribution in [1.29, 1.82) is 0 Å². The molecule has 0 bridgehead atoms. The van der Waals surface area contributed by atoms with Gasteiger partial charge in [0.05, 0.1) is 12.3 Å². The maximum atomic E-state index is 13.4. The first-order chi connectivity index (χ1) is 13.1. The normalized spacial score (nSPS) is 10.6. The molecule has 7 heteroatoms. The number of nitrogens with zero attached hydrogens (tertiary/aromatic N) is 1. The van der Waals surface area contributed by atoms with Crippen LogP contribution in [0, 0.1) is 11.6 Å². The molecule has 1 amide bonds. The number of ether oxygens (including phenoxy) is 1. The van der Waals surface area contributed by atoms with E-state index in [4.69, 9.17) is 4.74 Å². The lowest BCUT2D eigenvalue weighted by atomic mass is 10.2. The molecule has 140 valence electrons. The number of benzene rings is 2. The van der Waals surface area contributed by atoms with Crippen molar-refractivity contribution in [3.63, 3.8) is 0 Å². The number of carbonyl (C=O) groups is 1. The van der Waals surface area contributed by atoms with Crippen LogP contribution in [0.4, 0.5) is 13.9 Å². The Hall–Kier alpha value is -2.80. The second kappa shape index (κ2) is 8.73. The topological polar surface area (TPSA) is 51.2 Å². The van der Waals surface area contributed by atoms with E-state index in [1.807, 2.05) is 0 Å². The molecule has 0 aliphatic rings. The number of halogens is 2.